The summed E-state index contributed by atoms with van der Waals surface area (Å²) in [6, 6.07) is 9.17. The first-order valence-electron chi connectivity index (χ1n) is 6.62. The minimum absolute atomic E-state index is 0.0734. The molecule has 0 atom stereocenters. The highest BCUT2D eigenvalue weighted by Gasteiger charge is 2.17. The van der Waals surface area contributed by atoms with E-state index in [-0.39, 0.29) is 16.6 Å². The molecule has 2 aromatic rings. The molecule has 1 aromatic heterocycles. The summed E-state index contributed by atoms with van der Waals surface area (Å²) < 4.78 is 7.59. The smallest absolute Gasteiger partial charge is 0.289 e. The number of rotatable bonds is 4. The lowest BCUT2D eigenvalue weighted by atomic mass is 10.3. The van der Waals surface area contributed by atoms with Crippen molar-refractivity contribution in [1.29, 1.82) is 0 Å². The van der Waals surface area contributed by atoms with E-state index in [1.54, 1.807) is 35.7 Å². The van der Waals surface area contributed by atoms with Gasteiger partial charge in [0.15, 0.2) is 6.61 Å². The molecule has 0 bridgehead atoms. The number of carbonyl (C=O) groups excluding carboxylic acids is 1. The van der Waals surface area contributed by atoms with E-state index in [0.29, 0.717) is 17.3 Å². The lowest BCUT2D eigenvalue weighted by Crippen LogP contribution is -2.26. The third kappa shape index (κ3) is 4.84. The van der Waals surface area contributed by atoms with Crippen LogP contribution in [0, 0.1) is 0 Å². The molecule has 120 valence electrons. The first-order chi connectivity index (χ1) is 11.2. The summed E-state index contributed by atoms with van der Waals surface area (Å²) in [5.74, 6) is 1.70. The molecule has 1 N–H and O–H groups in total. The SMILES string of the molecule is O=C(COc1ccccc1)NN=C1CSc2sc(=O)sc2SC1. The Bertz CT molecular complexity index is 739. The van der Waals surface area contributed by atoms with E-state index in [4.69, 9.17) is 4.74 Å². The monoisotopic (exact) mass is 384 g/mol. The van der Waals surface area contributed by atoms with Crippen molar-refractivity contribution < 1.29 is 9.53 Å². The molecular weight excluding hydrogens is 372 g/mol. The molecule has 0 saturated carbocycles. The van der Waals surface area contributed by atoms with Gasteiger partial charge in [-0.3, -0.25) is 9.59 Å². The summed E-state index contributed by atoms with van der Waals surface area (Å²) in [4.78, 5) is 23.1. The van der Waals surface area contributed by atoms with E-state index in [1.165, 1.54) is 22.7 Å². The van der Waals surface area contributed by atoms with Crippen LogP contribution in [-0.4, -0.2) is 29.7 Å². The molecule has 0 aliphatic carbocycles. The van der Waals surface area contributed by atoms with Crippen LogP contribution in [0.3, 0.4) is 0 Å². The molecule has 1 amide bonds. The molecule has 3 rings (SSSR count). The summed E-state index contributed by atoms with van der Waals surface area (Å²) in [5.41, 5.74) is 3.41. The van der Waals surface area contributed by atoms with Crippen LogP contribution in [0.2, 0.25) is 0 Å². The highest BCUT2D eigenvalue weighted by atomic mass is 32.2. The average Bonchev–Trinajstić information content (AvgIpc) is 2.82. The Morgan fingerprint density at radius 2 is 1.78 bits per heavy atom. The summed E-state index contributed by atoms with van der Waals surface area (Å²) in [6.45, 7) is -0.0734. The molecule has 9 heteroatoms. The fourth-order valence-electron chi connectivity index (χ4n) is 1.68. The molecule has 0 unspecified atom stereocenters. The standard InChI is InChI=1S/C14H12N2O3S4/c17-11(6-19-10-4-2-1-3-5-10)16-15-9-7-20-12-13(21-8-9)23-14(18)22-12/h1-5H,6-8H2,(H,16,17). The van der Waals surface area contributed by atoms with Gasteiger partial charge in [0.1, 0.15) is 5.75 Å². The maximum absolute atomic E-state index is 11.8. The Labute approximate surface area is 149 Å². The molecule has 0 radical (unpaired) electrons. The Kier molecular flexibility index (Phi) is 5.76. The zero-order chi connectivity index (χ0) is 16.1. The van der Waals surface area contributed by atoms with Crippen LogP contribution in [0.5, 0.6) is 5.75 Å². The predicted octanol–water partition coefficient (Wildman–Crippen LogP) is 2.92. The Morgan fingerprint density at radius 1 is 1.13 bits per heavy atom. The molecule has 0 spiro atoms. The van der Waals surface area contributed by atoms with Crippen LogP contribution in [0.1, 0.15) is 0 Å². The Morgan fingerprint density at radius 3 is 2.43 bits per heavy atom. The number of nitrogens with one attached hydrogen (secondary N) is 1. The second-order valence-corrected chi connectivity index (χ2v) is 9.13. The third-order valence-electron chi connectivity index (χ3n) is 2.71. The van der Waals surface area contributed by atoms with Gasteiger partial charge in [0.2, 0.25) is 0 Å². The van der Waals surface area contributed by atoms with Crippen LogP contribution in [0.15, 0.2) is 48.6 Å². The quantitative estimate of drug-likeness (QED) is 0.821. The number of carbonyl (C=O) groups is 1. The average molecular weight is 385 g/mol. The molecule has 1 aliphatic rings. The summed E-state index contributed by atoms with van der Waals surface area (Å²) in [5, 5.41) is 4.17. The predicted molar refractivity (Wildman–Crippen MR) is 97.4 cm³/mol. The van der Waals surface area contributed by atoms with E-state index in [9.17, 15) is 9.59 Å². The zero-order valence-electron chi connectivity index (χ0n) is 11.8. The fourth-order valence-corrected chi connectivity index (χ4v) is 6.91. The van der Waals surface area contributed by atoms with Crippen molar-refractivity contribution in [3.05, 3.63) is 39.2 Å². The van der Waals surface area contributed by atoms with Gasteiger partial charge in [-0.1, -0.05) is 40.9 Å². The maximum Gasteiger partial charge on any atom is 0.289 e. The molecule has 0 fully saturated rings. The van der Waals surface area contributed by atoms with Gasteiger partial charge >= 0.3 is 0 Å². The Hall–Kier alpha value is -1.29. The number of hydrogen-bond acceptors (Lipinski definition) is 8. The third-order valence-corrected chi connectivity index (χ3v) is 7.93. The second-order valence-electron chi connectivity index (χ2n) is 4.42. The molecule has 5 nitrogen and oxygen atoms in total. The van der Waals surface area contributed by atoms with Crippen LogP contribution in [0.25, 0.3) is 0 Å². The summed E-state index contributed by atoms with van der Waals surface area (Å²) in [7, 11) is 0. The first kappa shape index (κ1) is 16.6. The van der Waals surface area contributed by atoms with Crippen molar-refractivity contribution in [1.82, 2.24) is 5.43 Å². The fraction of sp³-hybridized carbons (Fsp3) is 0.214. The van der Waals surface area contributed by atoms with Gasteiger partial charge in [-0.2, -0.15) is 5.10 Å². The van der Waals surface area contributed by atoms with Crippen molar-refractivity contribution in [2.75, 3.05) is 18.1 Å². The number of para-hydroxylation sites is 1. The van der Waals surface area contributed by atoms with Crippen LogP contribution < -0.4 is 14.2 Å². The first-order valence-corrected chi connectivity index (χ1v) is 10.2. The lowest BCUT2D eigenvalue weighted by Gasteiger charge is -2.05. The van der Waals surface area contributed by atoms with Crippen LogP contribution in [-0.2, 0) is 4.79 Å². The van der Waals surface area contributed by atoms with Crippen molar-refractivity contribution in [3.63, 3.8) is 0 Å². The maximum atomic E-state index is 11.8. The van der Waals surface area contributed by atoms with Crippen molar-refractivity contribution in [2.45, 2.75) is 8.42 Å². The van der Waals surface area contributed by atoms with Gasteiger partial charge in [0.05, 0.1) is 14.1 Å². The topological polar surface area (TPSA) is 67.8 Å². The number of nitrogens with zero attached hydrogens (tertiary/aromatic N) is 1. The van der Waals surface area contributed by atoms with Gasteiger partial charge in [-0.15, -0.1) is 23.5 Å². The molecule has 1 aromatic carbocycles. The van der Waals surface area contributed by atoms with Gasteiger partial charge in [-0.25, -0.2) is 5.43 Å². The number of thioether (sulfide) groups is 2. The lowest BCUT2D eigenvalue weighted by molar-refractivity contribution is -0.123. The van der Waals surface area contributed by atoms with Crippen LogP contribution >= 0.6 is 46.2 Å². The van der Waals surface area contributed by atoms with Crippen molar-refractivity contribution in [3.8, 4) is 5.75 Å². The molecule has 2 heterocycles. The van der Waals surface area contributed by atoms with E-state index in [1.807, 2.05) is 18.2 Å². The van der Waals surface area contributed by atoms with Gasteiger partial charge in [-0.05, 0) is 12.1 Å². The molecule has 23 heavy (non-hydrogen) atoms. The van der Waals surface area contributed by atoms with Crippen molar-refractivity contribution in [2.24, 2.45) is 5.10 Å². The van der Waals surface area contributed by atoms with E-state index < -0.39 is 0 Å². The van der Waals surface area contributed by atoms with E-state index >= 15 is 0 Å². The number of benzene rings is 1. The van der Waals surface area contributed by atoms with E-state index in [2.05, 4.69) is 10.5 Å². The van der Waals surface area contributed by atoms with Gasteiger partial charge in [0, 0.05) is 11.5 Å². The van der Waals surface area contributed by atoms with Gasteiger partial charge in [0.25, 0.3) is 9.96 Å². The highest BCUT2D eigenvalue weighted by molar-refractivity contribution is 8.06. The molecule has 0 saturated heterocycles. The number of hydrogen-bond donors (Lipinski definition) is 1. The molecular formula is C14H12N2O3S4. The highest BCUT2D eigenvalue weighted by Crippen LogP contribution is 2.39. The number of amides is 1. The largest absolute Gasteiger partial charge is 0.484 e. The van der Waals surface area contributed by atoms with Crippen LogP contribution in [0.4, 0.5) is 0 Å². The van der Waals surface area contributed by atoms with E-state index in [0.717, 1.165) is 14.1 Å². The van der Waals surface area contributed by atoms with Gasteiger partial charge < -0.3 is 4.74 Å². The Balaban J connectivity index is 1.49. The summed E-state index contributed by atoms with van der Waals surface area (Å²) >= 11 is 5.75. The summed E-state index contributed by atoms with van der Waals surface area (Å²) in [6.07, 6.45) is 0. The number of hydrazone groups is 1. The minimum atomic E-state index is -0.292. The number of ether oxygens (including phenoxy) is 1. The zero-order valence-corrected chi connectivity index (χ0v) is 15.1. The normalized spacial score (nSPS) is 13.8. The second kappa shape index (κ2) is 8.00. The number of fused-ring (bicyclic) bond motifs is 1. The molecule has 1 aliphatic heterocycles. The van der Waals surface area contributed by atoms with Crippen molar-refractivity contribution >= 4 is 57.8 Å². The minimum Gasteiger partial charge on any atom is -0.484 e.